The van der Waals surface area contributed by atoms with E-state index >= 15 is 0 Å². The molecule has 0 saturated carbocycles. The van der Waals surface area contributed by atoms with Crippen LogP contribution in [-0.4, -0.2) is 70.7 Å². The third-order valence-corrected chi connectivity index (χ3v) is 7.24. The Morgan fingerprint density at radius 2 is 1.52 bits per heavy atom. The molecular weight excluding hydrogens is 399 g/mol. The van der Waals surface area contributed by atoms with Crippen LogP contribution >= 0.6 is 7.82 Å². The Morgan fingerprint density at radius 1 is 0.931 bits per heavy atom. The molecular formula is C20H35O8P. The third kappa shape index (κ3) is 6.25. The Labute approximate surface area is 174 Å². The van der Waals surface area contributed by atoms with Gasteiger partial charge in [0.05, 0.1) is 38.1 Å². The van der Waals surface area contributed by atoms with E-state index in [1.807, 2.05) is 27.7 Å². The Balaban J connectivity index is 2.09. The van der Waals surface area contributed by atoms with Crippen LogP contribution in [0.4, 0.5) is 0 Å². The number of phosphoric acid groups is 1. The maximum atomic E-state index is 13.4. The standard InChI is InChI=1S/C20H35O8P/c1-8-9-10-24-29(21,25-12-18-19(23-7)13(2)15(4)27-18)28-20-14(3)16(5)26-17(20)11-22-6/h1,13-20H,9-12H2,2-7H3. The summed E-state index contributed by atoms with van der Waals surface area (Å²) in [6.07, 6.45) is 4.11. The van der Waals surface area contributed by atoms with E-state index in [1.54, 1.807) is 14.2 Å². The van der Waals surface area contributed by atoms with Gasteiger partial charge in [-0.05, 0) is 13.8 Å². The average molecular weight is 434 g/mol. The summed E-state index contributed by atoms with van der Waals surface area (Å²) < 4.78 is 53.1. The van der Waals surface area contributed by atoms with Crippen LogP contribution in [0.15, 0.2) is 0 Å². The van der Waals surface area contributed by atoms with Gasteiger partial charge in [0.25, 0.3) is 0 Å². The molecule has 0 N–H and O–H groups in total. The highest BCUT2D eigenvalue weighted by atomic mass is 31.2. The summed E-state index contributed by atoms with van der Waals surface area (Å²) in [6, 6.07) is 0. The number of hydrogen-bond donors (Lipinski definition) is 0. The van der Waals surface area contributed by atoms with Crippen molar-refractivity contribution in [3.05, 3.63) is 0 Å². The third-order valence-electron chi connectivity index (χ3n) is 5.78. The van der Waals surface area contributed by atoms with E-state index in [1.165, 1.54) is 0 Å². The maximum Gasteiger partial charge on any atom is 0.475 e. The van der Waals surface area contributed by atoms with E-state index in [4.69, 9.17) is 38.9 Å². The molecule has 0 aromatic rings. The highest BCUT2D eigenvalue weighted by molar-refractivity contribution is 7.48. The monoisotopic (exact) mass is 434 g/mol. The topological polar surface area (TPSA) is 81.7 Å². The van der Waals surface area contributed by atoms with Gasteiger partial charge < -0.3 is 18.9 Å². The molecule has 0 aromatic heterocycles. The summed E-state index contributed by atoms with van der Waals surface area (Å²) in [6.45, 7) is 8.34. The van der Waals surface area contributed by atoms with E-state index in [0.29, 0.717) is 13.0 Å². The second-order valence-electron chi connectivity index (χ2n) is 7.73. The van der Waals surface area contributed by atoms with Gasteiger partial charge in [-0.2, -0.15) is 0 Å². The van der Waals surface area contributed by atoms with Crippen LogP contribution in [0.3, 0.4) is 0 Å². The van der Waals surface area contributed by atoms with Gasteiger partial charge in [0.1, 0.15) is 18.3 Å². The van der Waals surface area contributed by atoms with Crippen molar-refractivity contribution >= 4 is 7.82 Å². The van der Waals surface area contributed by atoms with Crippen LogP contribution < -0.4 is 0 Å². The number of terminal acetylenes is 1. The molecule has 2 aliphatic rings. The lowest BCUT2D eigenvalue weighted by atomic mass is 9.99. The zero-order valence-electron chi connectivity index (χ0n) is 18.2. The summed E-state index contributed by atoms with van der Waals surface area (Å²) in [4.78, 5) is 0. The molecule has 8 nitrogen and oxygen atoms in total. The Bertz CT molecular complexity index is 594. The molecule has 0 amide bonds. The van der Waals surface area contributed by atoms with Crippen molar-refractivity contribution in [1.82, 2.24) is 0 Å². The van der Waals surface area contributed by atoms with E-state index < -0.39 is 13.9 Å². The lowest BCUT2D eigenvalue weighted by Gasteiger charge is -2.27. The normalized spacial score (nSPS) is 39.3. The smallest absolute Gasteiger partial charge is 0.382 e. The molecule has 0 aromatic carbocycles. The number of rotatable bonds is 11. The van der Waals surface area contributed by atoms with Gasteiger partial charge in [0.15, 0.2) is 0 Å². The minimum absolute atomic E-state index is 0.00593. The summed E-state index contributed by atoms with van der Waals surface area (Å²) >= 11 is 0. The number of methoxy groups -OCH3 is 2. The first-order valence-electron chi connectivity index (χ1n) is 10.1. The first-order valence-corrected chi connectivity index (χ1v) is 11.6. The second-order valence-corrected chi connectivity index (χ2v) is 9.36. The van der Waals surface area contributed by atoms with Crippen LogP contribution in [0.2, 0.25) is 0 Å². The largest absolute Gasteiger partial charge is 0.475 e. The van der Waals surface area contributed by atoms with Crippen molar-refractivity contribution in [2.75, 3.05) is 34.0 Å². The fourth-order valence-electron chi connectivity index (χ4n) is 3.76. The average Bonchev–Trinajstić information content (AvgIpc) is 3.10. The lowest BCUT2D eigenvalue weighted by Crippen LogP contribution is -2.34. The zero-order chi connectivity index (χ0) is 21.6. The Morgan fingerprint density at radius 3 is 2.07 bits per heavy atom. The molecule has 29 heavy (non-hydrogen) atoms. The van der Waals surface area contributed by atoms with Gasteiger partial charge in [-0.15, -0.1) is 12.3 Å². The molecule has 0 bridgehead atoms. The van der Waals surface area contributed by atoms with Gasteiger partial charge >= 0.3 is 7.82 Å². The Kier molecular flexibility index (Phi) is 9.59. The predicted molar refractivity (Wildman–Crippen MR) is 108 cm³/mol. The summed E-state index contributed by atoms with van der Waals surface area (Å²) in [5.74, 6) is 2.63. The van der Waals surface area contributed by atoms with E-state index in [-0.39, 0.29) is 55.6 Å². The Hall–Kier alpha value is -0.490. The van der Waals surface area contributed by atoms with Crippen LogP contribution in [0, 0.1) is 24.2 Å². The molecule has 2 heterocycles. The molecule has 2 aliphatic heterocycles. The van der Waals surface area contributed by atoms with Gasteiger partial charge in [0, 0.05) is 32.5 Å². The second kappa shape index (κ2) is 11.2. The highest BCUT2D eigenvalue weighted by Gasteiger charge is 2.47. The molecule has 0 radical (unpaired) electrons. The van der Waals surface area contributed by atoms with Crippen molar-refractivity contribution in [3.8, 4) is 12.3 Å². The summed E-state index contributed by atoms with van der Waals surface area (Å²) in [5, 5.41) is 0. The molecule has 9 atom stereocenters. The van der Waals surface area contributed by atoms with Gasteiger partial charge in [-0.25, -0.2) is 4.57 Å². The molecule has 2 rings (SSSR count). The van der Waals surface area contributed by atoms with E-state index in [2.05, 4.69) is 5.92 Å². The van der Waals surface area contributed by atoms with E-state index in [9.17, 15) is 4.57 Å². The SMILES string of the molecule is C#CCCOP(=O)(OCC1OC(C)C(C)C1OC)OC1C(COC)OC(C)C1C. The van der Waals surface area contributed by atoms with Crippen molar-refractivity contribution < 1.29 is 37.1 Å². The van der Waals surface area contributed by atoms with Crippen LogP contribution in [0.25, 0.3) is 0 Å². The number of ether oxygens (including phenoxy) is 4. The fraction of sp³-hybridized carbons (Fsp3) is 0.900. The van der Waals surface area contributed by atoms with Crippen molar-refractivity contribution in [2.24, 2.45) is 11.8 Å². The lowest BCUT2D eigenvalue weighted by molar-refractivity contribution is -0.0492. The molecule has 2 saturated heterocycles. The first-order chi connectivity index (χ1) is 13.8. The fourth-order valence-corrected chi connectivity index (χ4v) is 5.22. The highest BCUT2D eigenvalue weighted by Crippen LogP contribution is 2.54. The molecule has 9 unspecified atom stereocenters. The predicted octanol–water partition coefficient (Wildman–Crippen LogP) is 3.04. The van der Waals surface area contributed by atoms with Gasteiger partial charge in [-0.3, -0.25) is 13.6 Å². The minimum Gasteiger partial charge on any atom is -0.382 e. The van der Waals surface area contributed by atoms with Gasteiger partial charge in [0.2, 0.25) is 0 Å². The molecule has 9 heteroatoms. The summed E-state index contributed by atoms with van der Waals surface area (Å²) in [7, 11) is -0.709. The van der Waals surface area contributed by atoms with Crippen molar-refractivity contribution in [3.63, 3.8) is 0 Å². The van der Waals surface area contributed by atoms with Crippen LogP contribution in [0.5, 0.6) is 0 Å². The minimum atomic E-state index is -3.92. The van der Waals surface area contributed by atoms with Crippen molar-refractivity contribution in [2.45, 2.75) is 70.7 Å². The maximum absolute atomic E-state index is 13.4. The molecule has 0 spiro atoms. The van der Waals surface area contributed by atoms with Crippen molar-refractivity contribution in [1.29, 1.82) is 0 Å². The number of phosphoric ester groups is 1. The van der Waals surface area contributed by atoms with E-state index in [0.717, 1.165) is 0 Å². The zero-order valence-corrected chi connectivity index (χ0v) is 19.1. The van der Waals surface area contributed by atoms with Crippen LogP contribution in [-0.2, 0) is 37.1 Å². The number of hydrogen-bond acceptors (Lipinski definition) is 8. The van der Waals surface area contributed by atoms with Gasteiger partial charge in [-0.1, -0.05) is 13.8 Å². The first kappa shape index (κ1) is 24.8. The molecule has 2 fully saturated rings. The molecule has 168 valence electrons. The summed E-state index contributed by atoms with van der Waals surface area (Å²) in [5.41, 5.74) is 0. The van der Waals surface area contributed by atoms with Crippen LogP contribution in [0.1, 0.15) is 34.1 Å². The quantitative estimate of drug-likeness (QED) is 0.279. The molecule has 0 aliphatic carbocycles.